The quantitative estimate of drug-likeness (QED) is 0.774. The molecule has 1 aliphatic rings. The maximum atomic E-state index is 13.7. The molecule has 1 fully saturated rings. The number of unbranched alkanes of at least 4 members (excludes halogenated alkanes) is 2. The normalized spacial score (nSPS) is 17.3. The van der Waals surface area contributed by atoms with Crippen LogP contribution in [0.15, 0.2) is 18.2 Å². The number of nitrogens with one attached hydrogen (secondary N) is 1. The minimum atomic E-state index is -0.306. The van der Waals surface area contributed by atoms with Crippen LogP contribution in [-0.2, 0) is 0 Å². The van der Waals surface area contributed by atoms with Gasteiger partial charge in [0.1, 0.15) is 5.82 Å². The Bertz CT molecular complexity index is 423. The number of benzene rings is 1. The second kappa shape index (κ2) is 9.62. The Morgan fingerprint density at radius 3 is 2.67 bits per heavy atom. The zero-order valence-electron chi connectivity index (χ0n) is 12.6. The largest absolute Gasteiger partial charge is 0.314 e. The first-order chi connectivity index (χ1) is 9.74. The molecule has 2 rings (SSSR count). The van der Waals surface area contributed by atoms with E-state index in [9.17, 15) is 4.39 Å². The average molecular weight is 335 g/mol. The van der Waals surface area contributed by atoms with Gasteiger partial charge in [0, 0.05) is 32.2 Å². The molecule has 21 heavy (non-hydrogen) atoms. The van der Waals surface area contributed by atoms with Gasteiger partial charge in [-0.2, -0.15) is 0 Å². The van der Waals surface area contributed by atoms with E-state index in [0.717, 1.165) is 44.6 Å². The van der Waals surface area contributed by atoms with Gasteiger partial charge < -0.3 is 5.32 Å². The molecule has 0 amide bonds. The van der Waals surface area contributed by atoms with Crippen molar-refractivity contribution in [3.05, 3.63) is 34.6 Å². The molecule has 0 aliphatic carbocycles. The van der Waals surface area contributed by atoms with Gasteiger partial charge in [0.15, 0.2) is 0 Å². The van der Waals surface area contributed by atoms with Crippen LogP contribution in [-0.4, -0.2) is 31.1 Å². The summed E-state index contributed by atoms with van der Waals surface area (Å²) in [6, 6.07) is 5.43. The molecule has 0 saturated carbocycles. The fourth-order valence-corrected chi connectivity index (χ4v) is 3.15. The van der Waals surface area contributed by atoms with Gasteiger partial charge in [-0.05, 0) is 18.1 Å². The highest BCUT2D eigenvalue weighted by atomic mass is 35.5. The third-order valence-corrected chi connectivity index (χ3v) is 4.41. The number of rotatable bonds is 6. The van der Waals surface area contributed by atoms with Crippen molar-refractivity contribution in [2.24, 2.45) is 0 Å². The molecule has 0 bridgehead atoms. The predicted octanol–water partition coefficient (Wildman–Crippen LogP) is 4.43. The van der Waals surface area contributed by atoms with E-state index in [4.69, 9.17) is 11.6 Å². The standard InChI is InChI=1S/C16H24ClFN2.ClH/c1-2-3-4-8-15(20-11-9-19-10-12-20)13-6-5-7-14(18)16(13)17;/h5-7,15,19H,2-4,8-12H2,1H3;1H/t15-;/m1./s1. The molecule has 1 aromatic rings. The molecular formula is C16H25Cl2FN2. The minimum absolute atomic E-state index is 0. The van der Waals surface area contributed by atoms with E-state index in [0.29, 0.717) is 5.02 Å². The highest BCUT2D eigenvalue weighted by Gasteiger charge is 2.24. The molecule has 2 nitrogen and oxygen atoms in total. The number of halogens is 3. The van der Waals surface area contributed by atoms with Crippen molar-refractivity contribution < 1.29 is 4.39 Å². The molecule has 0 radical (unpaired) electrons. The summed E-state index contributed by atoms with van der Waals surface area (Å²) in [5.74, 6) is -0.306. The van der Waals surface area contributed by atoms with Gasteiger partial charge in [-0.15, -0.1) is 12.4 Å². The molecule has 1 N–H and O–H groups in total. The van der Waals surface area contributed by atoms with Crippen LogP contribution >= 0.6 is 24.0 Å². The first kappa shape index (κ1) is 18.7. The van der Waals surface area contributed by atoms with Crippen LogP contribution in [0.5, 0.6) is 0 Å². The number of nitrogens with zero attached hydrogens (tertiary/aromatic N) is 1. The zero-order valence-corrected chi connectivity index (χ0v) is 14.2. The molecule has 0 spiro atoms. The van der Waals surface area contributed by atoms with E-state index in [1.165, 1.54) is 18.9 Å². The molecule has 120 valence electrons. The van der Waals surface area contributed by atoms with Crippen LogP contribution in [0.25, 0.3) is 0 Å². The number of hydrogen-bond acceptors (Lipinski definition) is 2. The molecule has 1 aliphatic heterocycles. The third kappa shape index (κ3) is 5.10. The predicted molar refractivity (Wildman–Crippen MR) is 90.0 cm³/mol. The fraction of sp³-hybridized carbons (Fsp3) is 0.625. The maximum Gasteiger partial charge on any atom is 0.142 e. The molecule has 1 heterocycles. The van der Waals surface area contributed by atoms with Gasteiger partial charge >= 0.3 is 0 Å². The van der Waals surface area contributed by atoms with E-state index in [1.54, 1.807) is 6.07 Å². The van der Waals surface area contributed by atoms with E-state index in [1.807, 2.05) is 6.07 Å². The summed E-state index contributed by atoms with van der Waals surface area (Å²) >= 11 is 6.20. The fourth-order valence-electron chi connectivity index (χ4n) is 2.89. The van der Waals surface area contributed by atoms with Crippen LogP contribution in [0.1, 0.15) is 44.2 Å². The lowest BCUT2D eigenvalue weighted by atomic mass is 9.98. The van der Waals surface area contributed by atoms with E-state index in [2.05, 4.69) is 17.1 Å². The highest BCUT2D eigenvalue weighted by Crippen LogP contribution is 2.33. The number of piperazine rings is 1. The Balaban J connectivity index is 0.00000220. The summed E-state index contributed by atoms with van der Waals surface area (Å²) < 4.78 is 13.7. The van der Waals surface area contributed by atoms with Crippen molar-refractivity contribution in [1.29, 1.82) is 0 Å². The Labute approximate surface area is 138 Å². The van der Waals surface area contributed by atoms with Crippen LogP contribution in [0, 0.1) is 5.82 Å². The monoisotopic (exact) mass is 334 g/mol. The van der Waals surface area contributed by atoms with Gasteiger partial charge in [0.05, 0.1) is 5.02 Å². The van der Waals surface area contributed by atoms with Crippen molar-refractivity contribution in [2.75, 3.05) is 26.2 Å². The lowest BCUT2D eigenvalue weighted by Gasteiger charge is -2.35. The van der Waals surface area contributed by atoms with Gasteiger partial charge in [0.2, 0.25) is 0 Å². The summed E-state index contributed by atoms with van der Waals surface area (Å²) in [4.78, 5) is 2.44. The second-order valence-corrected chi connectivity index (χ2v) is 5.82. The summed E-state index contributed by atoms with van der Waals surface area (Å²) in [7, 11) is 0. The van der Waals surface area contributed by atoms with E-state index in [-0.39, 0.29) is 24.3 Å². The van der Waals surface area contributed by atoms with Crippen LogP contribution in [0.3, 0.4) is 0 Å². The second-order valence-electron chi connectivity index (χ2n) is 5.44. The van der Waals surface area contributed by atoms with Crippen LogP contribution in [0.2, 0.25) is 5.02 Å². The molecule has 1 saturated heterocycles. The topological polar surface area (TPSA) is 15.3 Å². The van der Waals surface area contributed by atoms with Crippen molar-refractivity contribution in [1.82, 2.24) is 10.2 Å². The third-order valence-electron chi connectivity index (χ3n) is 4.01. The Kier molecular flexibility index (Phi) is 8.57. The van der Waals surface area contributed by atoms with Crippen molar-refractivity contribution in [3.8, 4) is 0 Å². The molecule has 0 unspecified atom stereocenters. The lowest BCUT2D eigenvalue weighted by molar-refractivity contribution is 0.162. The molecule has 1 atom stereocenters. The smallest absolute Gasteiger partial charge is 0.142 e. The van der Waals surface area contributed by atoms with E-state index >= 15 is 0 Å². The first-order valence-electron chi connectivity index (χ1n) is 7.62. The van der Waals surface area contributed by atoms with Gasteiger partial charge in [-0.25, -0.2) is 4.39 Å². The first-order valence-corrected chi connectivity index (χ1v) is 8.00. The number of hydrogen-bond donors (Lipinski definition) is 1. The van der Waals surface area contributed by atoms with E-state index < -0.39 is 0 Å². The molecular weight excluding hydrogens is 310 g/mol. The van der Waals surface area contributed by atoms with Crippen molar-refractivity contribution in [3.63, 3.8) is 0 Å². The minimum Gasteiger partial charge on any atom is -0.314 e. The van der Waals surface area contributed by atoms with Crippen molar-refractivity contribution in [2.45, 2.75) is 38.6 Å². The average Bonchev–Trinajstić information content (AvgIpc) is 2.48. The Morgan fingerprint density at radius 1 is 1.29 bits per heavy atom. The molecule has 0 aromatic heterocycles. The Morgan fingerprint density at radius 2 is 2.00 bits per heavy atom. The SMILES string of the molecule is CCCCC[C@H](c1cccc(F)c1Cl)N1CCNCC1.Cl. The summed E-state index contributed by atoms with van der Waals surface area (Å²) in [6.45, 7) is 6.21. The molecule has 5 heteroatoms. The summed E-state index contributed by atoms with van der Waals surface area (Å²) in [6.07, 6.45) is 4.63. The lowest BCUT2D eigenvalue weighted by Crippen LogP contribution is -2.45. The van der Waals surface area contributed by atoms with Gasteiger partial charge in [-0.3, -0.25) is 4.90 Å². The summed E-state index contributed by atoms with van der Waals surface area (Å²) in [5, 5.41) is 3.66. The van der Waals surface area contributed by atoms with Gasteiger partial charge in [-0.1, -0.05) is 49.9 Å². The summed E-state index contributed by atoms with van der Waals surface area (Å²) in [5.41, 5.74) is 0.949. The van der Waals surface area contributed by atoms with Crippen LogP contribution < -0.4 is 5.32 Å². The highest BCUT2D eigenvalue weighted by molar-refractivity contribution is 6.31. The zero-order chi connectivity index (χ0) is 14.4. The molecule has 1 aromatic carbocycles. The van der Waals surface area contributed by atoms with Crippen molar-refractivity contribution >= 4 is 24.0 Å². The maximum absolute atomic E-state index is 13.7. The Hall–Kier alpha value is -0.350. The van der Waals surface area contributed by atoms with Crippen LogP contribution in [0.4, 0.5) is 4.39 Å². The van der Waals surface area contributed by atoms with Gasteiger partial charge in [0.25, 0.3) is 0 Å².